The number of aromatic amines is 1. The van der Waals surface area contributed by atoms with Gasteiger partial charge in [-0.3, -0.25) is 0 Å². The van der Waals surface area contributed by atoms with Crippen molar-refractivity contribution in [1.82, 2.24) is 9.97 Å². The standard InChI is InChI=1S/C15H16N2O/c1-8(13-6-16-7-17-13)10-2-3-14(18)15-11-4-9(11)5-12(10)15/h2-3,6-9,11,18H,4-5H2,1H3,(H,16,17). The number of hydrogen-bond donors (Lipinski definition) is 2. The van der Waals surface area contributed by atoms with Crippen molar-refractivity contribution < 1.29 is 5.11 Å². The Labute approximate surface area is 106 Å². The molecular formula is C15H16N2O. The molecule has 1 heterocycles. The summed E-state index contributed by atoms with van der Waals surface area (Å²) in [4.78, 5) is 7.37. The normalized spacial score (nSPS) is 25.6. The summed E-state index contributed by atoms with van der Waals surface area (Å²) >= 11 is 0. The van der Waals surface area contributed by atoms with Gasteiger partial charge < -0.3 is 10.1 Å². The molecule has 0 amide bonds. The third-order valence-electron chi connectivity index (χ3n) is 4.56. The van der Waals surface area contributed by atoms with E-state index in [9.17, 15) is 5.11 Å². The Hall–Kier alpha value is -1.77. The Bertz CT molecular complexity index is 603. The second-order valence-corrected chi connectivity index (χ2v) is 5.59. The molecule has 0 saturated heterocycles. The first kappa shape index (κ1) is 10.2. The fraction of sp³-hybridized carbons (Fsp3) is 0.400. The Morgan fingerprint density at radius 2 is 2.33 bits per heavy atom. The van der Waals surface area contributed by atoms with Crippen LogP contribution in [0, 0.1) is 5.92 Å². The van der Waals surface area contributed by atoms with Gasteiger partial charge in [-0.15, -0.1) is 0 Å². The Kier molecular flexibility index (Phi) is 1.91. The first-order valence-corrected chi connectivity index (χ1v) is 6.59. The second-order valence-electron chi connectivity index (χ2n) is 5.59. The number of phenols is 1. The van der Waals surface area contributed by atoms with Crippen molar-refractivity contribution >= 4 is 0 Å². The number of nitrogens with one attached hydrogen (secondary N) is 1. The van der Waals surface area contributed by atoms with E-state index < -0.39 is 0 Å². The average Bonchev–Trinajstić information content (AvgIpc) is 2.83. The molecule has 0 bridgehead atoms. The number of nitrogens with zero attached hydrogens (tertiary/aromatic N) is 1. The number of imidazole rings is 1. The minimum atomic E-state index is 0.295. The fourth-order valence-corrected chi connectivity index (χ4v) is 3.47. The van der Waals surface area contributed by atoms with Crippen LogP contribution in [0.2, 0.25) is 0 Å². The van der Waals surface area contributed by atoms with Crippen LogP contribution in [-0.2, 0) is 6.42 Å². The molecule has 2 aliphatic carbocycles. The van der Waals surface area contributed by atoms with Crippen molar-refractivity contribution in [1.29, 1.82) is 0 Å². The fourth-order valence-electron chi connectivity index (χ4n) is 3.47. The van der Waals surface area contributed by atoms with Crippen molar-refractivity contribution in [3.8, 4) is 5.75 Å². The minimum absolute atomic E-state index is 0.295. The Morgan fingerprint density at radius 1 is 1.44 bits per heavy atom. The van der Waals surface area contributed by atoms with E-state index in [4.69, 9.17) is 0 Å². The topological polar surface area (TPSA) is 48.9 Å². The van der Waals surface area contributed by atoms with Gasteiger partial charge in [0.05, 0.1) is 12.0 Å². The zero-order valence-electron chi connectivity index (χ0n) is 10.4. The van der Waals surface area contributed by atoms with Crippen molar-refractivity contribution in [2.24, 2.45) is 5.92 Å². The van der Waals surface area contributed by atoms with E-state index in [1.807, 2.05) is 12.3 Å². The maximum absolute atomic E-state index is 10.0. The number of hydrogen-bond acceptors (Lipinski definition) is 2. The van der Waals surface area contributed by atoms with E-state index in [1.165, 1.54) is 23.1 Å². The first-order chi connectivity index (χ1) is 8.75. The number of phenolic OH excluding ortho intramolecular Hbond substituents is 1. The largest absolute Gasteiger partial charge is 0.508 e. The van der Waals surface area contributed by atoms with Crippen molar-refractivity contribution in [3.63, 3.8) is 0 Å². The monoisotopic (exact) mass is 240 g/mol. The summed E-state index contributed by atoms with van der Waals surface area (Å²) in [6, 6.07) is 3.93. The summed E-state index contributed by atoms with van der Waals surface area (Å²) in [5, 5.41) is 10.0. The van der Waals surface area contributed by atoms with Crippen LogP contribution < -0.4 is 0 Å². The van der Waals surface area contributed by atoms with E-state index in [2.05, 4.69) is 23.0 Å². The van der Waals surface area contributed by atoms with Gasteiger partial charge >= 0.3 is 0 Å². The molecular weight excluding hydrogens is 224 g/mol. The minimum Gasteiger partial charge on any atom is -0.508 e. The lowest BCUT2D eigenvalue weighted by atomic mass is 9.89. The van der Waals surface area contributed by atoms with Crippen LogP contribution >= 0.6 is 0 Å². The van der Waals surface area contributed by atoms with E-state index in [-0.39, 0.29) is 0 Å². The quantitative estimate of drug-likeness (QED) is 0.848. The summed E-state index contributed by atoms with van der Waals surface area (Å²) < 4.78 is 0. The molecule has 3 heteroatoms. The lowest BCUT2D eigenvalue weighted by Gasteiger charge is -2.16. The highest BCUT2D eigenvalue weighted by molar-refractivity contribution is 5.55. The van der Waals surface area contributed by atoms with E-state index in [1.54, 1.807) is 6.33 Å². The third kappa shape index (κ3) is 1.27. The third-order valence-corrected chi connectivity index (χ3v) is 4.56. The van der Waals surface area contributed by atoms with E-state index in [0.29, 0.717) is 17.6 Å². The molecule has 1 aromatic heterocycles. The summed E-state index contributed by atoms with van der Waals surface area (Å²) in [5.74, 6) is 2.21. The molecule has 1 saturated carbocycles. The van der Waals surface area contributed by atoms with Gasteiger partial charge in [0.2, 0.25) is 0 Å². The SMILES string of the molecule is CC(c1c[nH]cn1)c1ccc(O)c2c1CC1CC21. The van der Waals surface area contributed by atoms with Crippen LogP contribution in [0.3, 0.4) is 0 Å². The van der Waals surface area contributed by atoms with Crippen LogP contribution in [0.5, 0.6) is 5.75 Å². The zero-order valence-corrected chi connectivity index (χ0v) is 10.4. The highest BCUT2D eigenvalue weighted by Gasteiger charge is 2.47. The first-order valence-electron chi connectivity index (χ1n) is 6.59. The van der Waals surface area contributed by atoms with Crippen molar-refractivity contribution in [2.45, 2.75) is 31.6 Å². The molecule has 3 unspecified atom stereocenters. The van der Waals surface area contributed by atoms with Crippen LogP contribution in [0.4, 0.5) is 0 Å². The maximum Gasteiger partial charge on any atom is 0.119 e. The number of H-pyrrole nitrogens is 1. The predicted molar refractivity (Wildman–Crippen MR) is 68.8 cm³/mol. The average molecular weight is 240 g/mol. The van der Waals surface area contributed by atoms with Gasteiger partial charge in [-0.2, -0.15) is 0 Å². The lowest BCUT2D eigenvalue weighted by Crippen LogP contribution is -2.03. The Morgan fingerprint density at radius 3 is 3.11 bits per heavy atom. The van der Waals surface area contributed by atoms with E-state index in [0.717, 1.165) is 18.0 Å². The molecule has 2 N–H and O–H groups in total. The lowest BCUT2D eigenvalue weighted by molar-refractivity contribution is 0.468. The summed E-state index contributed by atoms with van der Waals surface area (Å²) in [5.41, 5.74) is 5.01. The maximum atomic E-state index is 10.0. The number of fused-ring (bicyclic) bond motifs is 3. The van der Waals surface area contributed by atoms with Gasteiger partial charge in [-0.1, -0.05) is 13.0 Å². The van der Waals surface area contributed by atoms with Crippen LogP contribution in [0.1, 0.15) is 47.6 Å². The molecule has 2 aliphatic rings. The van der Waals surface area contributed by atoms with Crippen LogP contribution in [0.25, 0.3) is 0 Å². The van der Waals surface area contributed by atoms with Crippen molar-refractivity contribution in [3.05, 3.63) is 47.0 Å². The Balaban J connectivity index is 1.83. The zero-order chi connectivity index (χ0) is 12.3. The van der Waals surface area contributed by atoms with E-state index >= 15 is 0 Å². The molecule has 1 aromatic carbocycles. The van der Waals surface area contributed by atoms with Gasteiger partial charge in [0.25, 0.3) is 0 Å². The molecule has 92 valence electrons. The molecule has 18 heavy (non-hydrogen) atoms. The summed E-state index contributed by atoms with van der Waals surface area (Å²) in [6.45, 7) is 2.19. The molecule has 3 nitrogen and oxygen atoms in total. The molecule has 0 spiro atoms. The van der Waals surface area contributed by atoms with Gasteiger partial charge in [-0.25, -0.2) is 4.98 Å². The summed E-state index contributed by atoms with van der Waals surface area (Å²) in [7, 11) is 0. The number of aromatic nitrogens is 2. The van der Waals surface area contributed by atoms with Gasteiger partial charge in [0, 0.05) is 17.7 Å². The number of benzene rings is 1. The number of rotatable bonds is 2. The second kappa shape index (κ2) is 3.37. The number of aromatic hydroxyl groups is 1. The highest BCUT2D eigenvalue weighted by Crippen LogP contribution is 2.60. The van der Waals surface area contributed by atoms with Crippen LogP contribution in [-0.4, -0.2) is 15.1 Å². The molecule has 4 rings (SSSR count). The van der Waals surface area contributed by atoms with Crippen molar-refractivity contribution in [2.75, 3.05) is 0 Å². The molecule has 0 radical (unpaired) electrons. The summed E-state index contributed by atoms with van der Waals surface area (Å²) in [6.07, 6.45) is 6.09. The van der Waals surface area contributed by atoms with Gasteiger partial charge in [-0.05, 0) is 41.9 Å². The molecule has 2 aromatic rings. The van der Waals surface area contributed by atoms with Gasteiger partial charge in [0.1, 0.15) is 5.75 Å². The van der Waals surface area contributed by atoms with Gasteiger partial charge in [0.15, 0.2) is 0 Å². The predicted octanol–water partition coefficient (Wildman–Crippen LogP) is 2.93. The molecule has 0 aliphatic heterocycles. The van der Waals surface area contributed by atoms with Crippen LogP contribution in [0.15, 0.2) is 24.7 Å². The smallest absolute Gasteiger partial charge is 0.119 e. The molecule has 3 atom stereocenters. The molecule has 1 fully saturated rings. The highest BCUT2D eigenvalue weighted by atomic mass is 16.3.